The highest BCUT2D eigenvalue weighted by atomic mass is 16.4. The number of rotatable bonds is 9. The molecule has 106 valence electrons. The van der Waals surface area contributed by atoms with Gasteiger partial charge in [-0.25, -0.2) is 0 Å². The van der Waals surface area contributed by atoms with Gasteiger partial charge in [-0.2, -0.15) is 0 Å². The molecule has 0 aliphatic carbocycles. The maximum absolute atomic E-state index is 11.8. The van der Waals surface area contributed by atoms with Crippen LogP contribution in [0.4, 0.5) is 0 Å². The lowest BCUT2D eigenvalue weighted by Crippen LogP contribution is -2.42. The molecule has 0 aromatic heterocycles. The lowest BCUT2D eigenvalue weighted by molar-refractivity contribution is -0.149. The van der Waals surface area contributed by atoms with E-state index in [1.165, 1.54) is 0 Å². The summed E-state index contributed by atoms with van der Waals surface area (Å²) in [6, 6.07) is 0. The Balaban J connectivity index is 4.36. The first kappa shape index (κ1) is 16.9. The molecule has 4 heteroatoms. The summed E-state index contributed by atoms with van der Waals surface area (Å²) in [5.41, 5.74) is -0.816. The molecule has 2 N–H and O–H groups in total. The maximum atomic E-state index is 11.8. The minimum atomic E-state index is -0.824. The van der Waals surface area contributed by atoms with E-state index in [9.17, 15) is 14.7 Å². The topological polar surface area (TPSA) is 66.4 Å². The summed E-state index contributed by atoms with van der Waals surface area (Å²) in [5.74, 6) is -0.459. The van der Waals surface area contributed by atoms with Gasteiger partial charge in [0.25, 0.3) is 0 Å². The summed E-state index contributed by atoms with van der Waals surface area (Å²) < 4.78 is 0. The van der Waals surface area contributed by atoms with Crippen molar-refractivity contribution in [3.8, 4) is 0 Å². The lowest BCUT2D eigenvalue weighted by Gasteiger charge is -2.27. The van der Waals surface area contributed by atoms with Crippen LogP contribution in [0.2, 0.25) is 0 Å². The quantitative estimate of drug-likeness (QED) is 0.667. The van der Waals surface area contributed by atoms with Crippen molar-refractivity contribution in [2.75, 3.05) is 6.54 Å². The molecule has 0 saturated carbocycles. The number of hydrogen-bond acceptors (Lipinski definition) is 2. The molecule has 0 spiro atoms. The fourth-order valence-corrected chi connectivity index (χ4v) is 2.06. The third kappa shape index (κ3) is 4.67. The largest absolute Gasteiger partial charge is 0.481 e. The van der Waals surface area contributed by atoms with Gasteiger partial charge < -0.3 is 10.4 Å². The SMILES string of the molecule is CCC(CC)CC(=O)NCC(CC)(CC)C(=O)O. The fraction of sp³-hybridized carbons (Fsp3) is 0.857. The van der Waals surface area contributed by atoms with Gasteiger partial charge in [0.1, 0.15) is 0 Å². The van der Waals surface area contributed by atoms with Gasteiger partial charge in [0.15, 0.2) is 0 Å². The summed E-state index contributed by atoms with van der Waals surface area (Å²) in [5, 5.41) is 12.0. The van der Waals surface area contributed by atoms with E-state index in [0.29, 0.717) is 25.2 Å². The van der Waals surface area contributed by atoms with Crippen LogP contribution in [0, 0.1) is 11.3 Å². The first-order valence-electron chi connectivity index (χ1n) is 6.95. The van der Waals surface area contributed by atoms with Crippen molar-refractivity contribution in [2.45, 2.75) is 59.8 Å². The Morgan fingerprint density at radius 2 is 1.61 bits per heavy atom. The van der Waals surface area contributed by atoms with Gasteiger partial charge in [0, 0.05) is 13.0 Å². The minimum Gasteiger partial charge on any atom is -0.481 e. The Morgan fingerprint density at radius 1 is 1.11 bits per heavy atom. The van der Waals surface area contributed by atoms with Crippen LogP contribution in [-0.4, -0.2) is 23.5 Å². The number of carboxylic acids is 1. The summed E-state index contributed by atoms with van der Waals surface area (Å²) in [6.07, 6.45) is 3.52. The van der Waals surface area contributed by atoms with E-state index in [1.54, 1.807) is 0 Å². The number of nitrogens with one attached hydrogen (secondary N) is 1. The van der Waals surface area contributed by atoms with Crippen LogP contribution in [-0.2, 0) is 9.59 Å². The van der Waals surface area contributed by atoms with Gasteiger partial charge in [-0.3, -0.25) is 9.59 Å². The average Bonchev–Trinajstić information content (AvgIpc) is 2.37. The van der Waals surface area contributed by atoms with Crippen LogP contribution in [0.5, 0.6) is 0 Å². The van der Waals surface area contributed by atoms with Crippen LogP contribution in [0.25, 0.3) is 0 Å². The Hall–Kier alpha value is -1.06. The van der Waals surface area contributed by atoms with E-state index in [-0.39, 0.29) is 12.5 Å². The smallest absolute Gasteiger partial charge is 0.311 e. The molecule has 0 radical (unpaired) electrons. The van der Waals surface area contributed by atoms with Crippen LogP contribution >= 0.6 is 0 Å². The van der Waals surface area contributed by atoms with Crippen molar-refractivity contribution >= 4 is 11.9 Å². The van der Waals surface area contributed by atoms with E-state index in [0.717, 1.165) is 12.8 Å². The minimum absolute atomic E-state index is 0.0313. The maximum Gasteiger partial charge on any atom is 0.311 e. The van der Waals surface area contributed by atoms with E-state index in [4.69, 9.17) is 0 Å². The molecule has 0 saturated heterocycles. The van der Waals surface area contributed by atoms with Gasteiger partial charge in [0.2, 0.25) is 5.91 Å². The second-order valence-electron chi connectivity index (χ2n) is 4.96. The summed E-state index contributed by atoms with van der Waals surface area (Å²) in [7, 11) is 0. The molecule has 0 aromatic carbocycles. The summed E-state index contributed by atoms with van der Waals surface area (Å²) in [6.45, 7) is 8.08. The highest BCUT2D eigenvalue weighted by Gasteiger charge is 2.35. The van der Waals surface area contributed by atoms with Crippen molar-refractivity contribution in [3.05, 3.63) is 0 Å². The Bertz CT molecular complexity index is 268. The first-order chi connectivity index (χ1) is 8.45. The number of amides is 1. The van der Waals surface area contributed by atoms with Crippen molar-refractivity contribution in [1.82, 2.24) is 5.32 Å². The Kier molecular flexibility index (Phi) is 7.64. The normalized spacial score (nSPS) is 11.6. The van der Waals surface area contributed by atoms with E-state index in [2.05, 4.69) is 19.2 Å². The van der Waals surface area contributed by atoms with Crippen molar-refractivity contribution in [3.63, 3.8) is 0 Å². The van der Waals surface area contributed by atoms with E-state index in [1.807, 2.05) is 13.8 Å². The second kappa shape index (κ2) is 8.11. The van der Waals surface area contributed by atoms with Crippen molar-refractivity contribution in [1.29, 1.82) is 0 Å². The van der Waals surface area contributed by atoms with Crippen LogP contribution in [0.15, 0.2) is 0 Å². The van der Waals surface area contributed by atoms with Crippen molar-refractivity contribution in [2.24, 2.45) is 11.3 Å². The van der Waals surface area contributed by atoms with E-state index >= 15 is 0 Å². The predicted molar refractivity (Wildman–Crippen MR) is 72.3 cm³/mol. The molecule has 0 bridgehead atoms. The van der Waals surface area contributed by atoms with Crippen LogP contribution in [0.3, 0.4) is 0 Å². The molecular weight excluding hydrogens is 230 g/mol. The molecule has 0 aromatic rings. The third-order valence-corrected chi connectivity index (χ3v) is 4.06. The molecular formula is C14H27NO3. The summed E-state index contributed by atoms with van der Waals surface area (Å²) >= 11 is 0. The molecule has 0 fully saturated rings. The highest BCUT2D eigenvalue weighted by Crippen LogP contribution is 2.25. The zero-order valence-electron chi connectivity index (χ0n) is 12.1. The van der Waals surface area contributed by atoms with Gasteiger partial charge in [-0.05, 0) is 18.8 Å². The van der Waals surface area contributed by atoms with Gasteiger partial charge >= 0.3 is 5.97 Å². The molecule has 0 rings (SSSR count). The van der Waals surface area contributed by atoms with Gasteiger partial charge in [-0.15, -0.1) is 0 Å². The molecule has 0 aliphatic rings. The molecule has 0 atom stereocenters. The number of carboxylic acid groups (broad SMARTS) is 1. The van der Waals surface area contributed by atoms with Crippen LogP contribution in [0.1, 0.15) is 59.8 Å². The van der Waals surface area contributed by atoms with E-state index < -0.39 is 11.4 Å². The average molecular weight is 257 g/mol. The number of aliphatic carboxylic acids is 1. The van der Waals surface area contributed by atoms with Gasteiger partial charge in [-0.1, -0.05) is 40.5 Å². The number of hydrogen-bond donors (Lipinski definition) is 2. The zero-order valence-corrected chi connectivity index (χ0v) is 12.1. The molecule has 4 nitrogen and oxygen atoms in total. The van der Waals surface area contributed by atoms with Gasteiger partial charge in [0.05, 0.1) is 5.41 Å². The predicted octanol–water partition coefficient (Wildman–Crippen LogP) is 2.82. The second-order valence-corrected chi connectivity index (χ2v) is 4.96. The monoisotopic (exact) mass is 257 g/mol. The Morgan fingerprint density at radius 3 is 1.94 bits per heavy atom. The first-order valence-corrected chi connectivity index (χ1v) is 6.95. The van der Waals surface area contributed by atoms with Crippen LogP contribution < -0.4 is 5.32 Å². The molecule has 0 unspecified atom stereocenters. The van der Waals surface area contributed by atoms with Crippen molar-refractivity contribution < 1.29 is 14.7 Å². The standard InChI is InChI=1S/C14H27NO3/c1-5-11(6-2)9-12(16)15-10-14(7-3,8-4)13(17)18/h11H,5-10H2,1-4H3,(H,15,16)(H,17,18). The zero-order chi connectivity index (χ0) is 14.2. The fourth-order valence-electron chi connectivity index (χ4n) is 2.06. The number of carbonyl (C=O) groups is 2. The molecule has 0 aliphatic heterocycles. The lowest BCUT2D eigenvalue weighted by atomic mass is 9.82. The Labute approximate surface area is 110 Å². The molecule has 0 heterocycles. The highest BCUT2D eigenvalue weighted by molar-refractivity contribution is 5.79. The summed E-state index contributed by atoms with van der Waals surface area (Å²) in [4.78, 5) is 23.0. The molecule has 1 amide bonds. The number of carbonyl (C=O) groups excluding carboxylic acids is 1. The third-order valence-electron chi connectivity index (χ3n) is 4.06. The molecule has 18 heavy (non-hydrogen) atoms.